The molecule has 0 saturated heterocycles. The van der Waals surface area contributed by atoms with Crippen molar-refractivity contribution in [1.29, 1.82) is 0 Å². The van der Waals surface area contributed by atoms with Crippen molar-refractivity contribution in [1.82, 2.24) is 10.3 Å². The van der Waals surface area contributed by atoms with E-state index in [0.717, 1.165) is 12.3 Å². The number of nitrogens with one attached hydrogen (secondary N) is 1. The topological polar surface area (TPSA) is 24.9 Å². The zero-order valence-corrected chi connectivity index (χ0v) is 12.3. The Morgan fingerprint density at radius 3 is 2.42 bits per heavy atom. The highest BCUT2D eigenvalue weighted by Crippen LogP contribution is 2.24. The molecule has 0 aliphatic rings. The van der Waals surface area contributed by atoms with Crippen LogP contribution in [0.2, 0.25) is 0 Å². The summed E-state index contributed by atoms with van der Waals surface area (Å²) in [7, 11) is 0. The number of hydrogen-bond donors (Lipinski definition) is 1. The molecular weight excluding hydrogens is 252 g/mol. The molecule has 19 heavy (non-hydrogen) atoms. The predicted molar refractivity (Wildman–Crippen MR) is 82.6 cm³/mol. The molecule has 0 radical (unpaired) electrons. The minimum atomic E-state index is 0.392. The first-order valence-electron chi connectivity index (χ1n) is 6.62. The molecule has 0 spiro atoms. The lowest BCUT2D eigenvalue weighted by Gasteiger charge is -2.18. The molecule has 0 aliphatic carbocycles. The molecule has 0 saturated carbocycles. The number of rotatable bonds is 6. The number of aryl methyl sites for hydroxylation is 1. The molecule has 3 heteroatoms. The molecule has 0 amide bonds. The second-order valence-electron chi connectivity index (χ2n) is 4.51. The van der Waals surface area contributed by atoms with Crippen LogP contribution in [-0.4, -0.2) is 17.3 Å². The first-order chi connectivity index (χ1) is 9.29. The summed E-state index contributed by atoms with van der Waals surface area (Å²) in [4.78, 5) is 5.32. The quantitative estimate of drug-likeness (QED) is 0.809. The first kappa shape index (κ1) is 14.1. The van der Waals surface area contributed by atoms with Gasteiger partial charge in [0.05, 0.1) is 0 Å². The molecule has 2 nitrogen and oxygen atoms in total. The standard InChI is InChI=1S/C16H20N2S/c1-3-18-16(14-6-4-13(2)5-7-14)12-19-15-8-10-17-11-9-15/h4-11,16,18H,3,12H2,1-2H3. The van der Waals surface area contributed by atoms with Gasteiger partial charge in [-0.15, -0.1) is 11.8 Å². The van der Waals surface area contributed by atoms with Crippen molar-refractivity contribution in [3.63, 3.8) is 0 Å². The van der Waals surface area contributed by atoms with Gasteiger partial charge >= 0.3 is 0 Å². The highest BCUT2D eigenvalue weighted by atomic mass is 32.2. The molecule has 1 atom stereocenters. The van der Waals surface area contributed by atoms with E-state index >= 15 is 0 Å². The fourth-order valence-corrected chi connectivity index (χ4v) is 2.92. The second-order valence-corrected chi connectivity index (χ2v) is 5.61. The van der Waals surface area contributed by atoms with Gasteiger partial charge in [-0.1, -0.05) is 36.8 Å². The lowest BCUT2D eigenvalue weighted by atomic mass is 10.1. The number of thioether (sulfide) groups is 1. The maximum atomic E-state index is 4.05. The average molecular weight is 272 g/mol. The van der Waals surface area contributed by atoms with E-state index in [1.54, 1.807) is 0 Å². The molecular formula is C16H20N2S. The van der Waals surface area contributed by atoms with Gasteiger partial charge in [-0.3, -0.25) is 4.98 Å². The van der Waals surface area contributed by atoms with E-state index in [-0.39, 0.29) is 0 Å². The van der Waals surface area contributed by atoms with E-state index in [0.29, 0.717) is 6.04 Å². The largest absolute Gasteiger partial charge is 0.309 e. The van der Waals surface area contributed by atoms with Gasteiger partial charge < -0.3 is 5.32 Å². The SMILES string of the molecule is CCNC(CSc1ccncc1)c1ccc(C)cc1. The van der Waals surface area contributed by atoms with Crippen molar-refractivity contribution in [3.05, 3.63) is 59.9 Å². The Hall–Kier alpha value is -1.32. The van der Waals surface area contributed by atoms with Crippen molar-refractivity contribution < 1.29 is 0 Å². The minimum absolute atomic E-state index is 0.392. The van der Waals surface area contributed by atoms with E-state index < -0.39 is 0 Å². The van der Waals surface area contributed by atoms with E-state index in [4.69, 9.17) is 0 Å². The summed E-state index contributed by atoms with van der Waals surface area (Å²) in [6, 6.07) is 13.3. The Kier molecular flexibility index (Phi) is 5.43. The summed E-state index contributed by atoms with van der Waals surface area (Å²) in [5.41, 5.74) is 2.66. The third-order valence-electron chi connectivity index (χ3n) is 3.00. The van der Waals surface area contributed by atoms with Gasteiger partial charge in [-0.05, 0) is 31.2 Å². The zero-order chi connectivity index (χ0) is 13.5. The van der Waals surface area contributed by atoms with Gasteiger partial charge in [-0.25, -0.2) is 0 Å². The number of pyridine rings is 1. The molecule has 1 heterocycles. The molecule has 1 aromatic heterocycles. The van der Waals surface area contributed by atoms with Crippen molar-refractivity contribution in [2.45, 2.75) is 24.8 Å². The Morgan fingerprint density at radius 1 is 1.11 bits per heavy atom. The summed E-state index contributed by atoms with van der Waals surface area (Å²) < 4.78 is 0. The van der Waals surface area contributed by atoms with Gasteiger partial charge in [0.25, 0.3) is 0 Å². The van der Waals surface area contributed by atoms with Crippen molar-refractivity contribution in [2.75, 3.05) is 12.3 Å². The number of benzene rings is 1. The Balaban J connectivity index is 2.02. The molecule has 1 N–H and O–H groups in total. The van der Waals surface area contributed by atoms with E-state index in [1.807, 2.05) is 24.2 Å². The van der Waals surface area contributed by atoms with E-state index in [9.17, 15) is 0 Å². The van der Waals surface area contributed by atoms with E-state index in [1.165, 1.54) is 16.0 Å². The van der Waals surface area contributed by atoms with Crippen LogP contribution in [0.4, 0.5) is 0 Å². The smallest absolute Gasteiger partial charge is 0.0415 e. The summed E-state index contributed by atoms with van der Waals surface area (Å²) >= 11 is 1.87. The van der Waals surface area contributed by atoms with Gasteiger partial charge in [0.15, 0.2) is 0 Å². The molecule has 2 aromatic rings. The van der Waals surface area contributed by atoms with Crippen LogP contribution >= 0.6 is 11.8 Å². The lowest BCUT2D eigenvalue weighted by Crippen LogP contribution is -2.22. The highest BCUT2D eigenvalue weighted by molar-refractivity contribution is 7.99. The molecule has 1 unspecified atom stereocenters. The molecule has 0 fully saturated rings. The maximum Gasteiger partial charge on any atom is 0.0415 e. The molecule has 0 aliphatic heterocycles. The van der Waals surface area contributed by atoms with Crippen molar-refractivity contribution in [2.24, 2.45) is 0 Å². The van der Waals surface area contributed by atoms with Crippen LogP contribution in [0.3, 0.4) is 0 Å². The molecule has 1 aromatic carbocycles. The van der Waals surface area contributed by atoms with Crippen LogP contribution < -0.4 is 5.32 Å². The van der Waals surface area contributed by atoms with Crippen LogP contribution in [0.5, 0.6) is 0 Å². The van der Waals surface area contributed by atoms with E-state index in [2.05, 4.69) is 60.5 Å². The normalized spacial score (nSPS) is 12.3. The van der Waals surface area contributed by atoms with Crippen LogP contribution in [0.15, 0.2) is 53.7 Å². The van der Waals surface area contributed by atoms with Crippen LogP contribution in [0.1, 0.15) is 24.1 Å². The van der Waals surface area contributed by atoms with Gasteiger partial charge in [0.1, 0.15) is 0 Å². The molecule has 2 rings (SSSR count). The lowest BCUT2D eigenvalue weighted by molar-refractivity contribution is 0.606. The third kappa shape index (κ3) is 4.37. The number of aromatic nitrogens is 1. The van der Waals surface area contributed by atoms with Gasteiger partial charge in [0.2, 0.25) is 0 Å². The monoisotopic (exact) mass is 272 g/mol. The second kappa shape index (κ2) is 7.31. The predicted octanol–water partition coefficient (Wildman–Crippen LogP) is 3.83. The Morgan fingerprint density at radius 2 is 1.79 bits per heavy atom. The summed E-state index contributed by atoms with van der Waals surface area (Å²) in [6.45, 7) is 5.26. The molecule has 0 bridgehead atoms. The van der Waals surface area contributed by atoms with Gasteiger partial charge in [-0.2, -0.15) is 0 Å². The number of nitrogens with zero attached hydrogens (tertiary/aromatic N) is 1. The Bertz CT molecular complexity index is 482. The van der Waals surface area contributed by atoms with Crippen LogP contribution in [-0.2, 0) is 0 Å². The average Bonchev–Trinajstić information content (AvgIpc) is 2.46. The summed E-state index contributed by atoms with van der Waals surface area (Å²) in [5, 5.41) is 3.55. The Labute approximate surface area is 119 Å². The number of hydrogen-bond acceptors (Lipinski definition) is 3. The fourth-order valence-electron chi connectivity index (χ4n) is 1.93. The summed E-state index contributed by atoms with van der Waals surface area (Å²) in [6.07, 6.45) is 3.69. The van der Waals surface area contributed by atoms with Crippen LogP contribution in [0, 0.1) is 6.92 Å². The zero-order valence-electron chi connectivity index (χ0n) is 11.5. The summed E-state index contributed by atoms with van der Waals surface area (Å²) in [5.74, 6) is 1.03. The fraction of sp³-hybridized carbons (Fsp3) is 0.312. The van der Waals surface area contributed by atoms with Crippen molar-refractivity contribution in [3.8, 4) is 0 Å². The minimum Gasteiger partial charge on any atom is -0.309 e. The van der Waals surface area contributed by atoms with Crippen LogP contribution in [0.25, 0.3) is 0 Å². The maximum absolute atomic E-state index is 4.05. The molecule has 100 valence electrons. The van der Waals surface area contributed by atoms with Crippen molar-refractivity contribution >= 4 is 11.8 Å². The van der Waals surface area contributed by atoms with Gasteiger partial charge in [0, 0.05) is 29.1 Å². The third-order valence-corrected chi connectivity index (χ3v) is 4.10. The first-order valence-corrected chi connectivity index (χ1v) is 7.61. The highest BCUT2D eigenvalue weighted by Gasteiger charge is 2.10.